The van der Waals surface area contributed by atoms with Crippen LogP contribution in [0.5, 0.6) is 0 Å². The zero-order valence-electron chi connectivity index (χ0n) is 12.9. The van der Waals surface area contributed by atoms with Gasteiger partial charge in [-0.25, -0.2) is 0 Å². The molecule has 0 aromatic carbocycles. The number of hydrogen-bond donors (Lipinski definition) is 1. The fourth-order valence-corrected chi connectivity index (χ4v) is 3.06. The average Bonchev–Trinajstić information content (AvgIpc) is 3.16. The zero-order chi connectivity index (χ0) is 14.9. The van der Waals surface area contributed by atoms with Crippen molar-refractivity contribution in [2.24, 2.45) is 11.8 Å². The summed E-state index contributed by atoms with van der Waals surface area (Å²) in [6.07, 6.45) is 2.77. The normalized spacial score (nSPS) is 28.8. The Labute approximate surface area is 121 Å². The Kier molecular flexibility index (Phi) is 4.68. The zero-order valence-corrected chi connectivity index (χ0v) is 12.9. The van der Waals surface area contributed by atoms with Gasteiger partial charge in [0.2, 0.25) is 11.8 Å². The lowest BCUT2D eigenvalue weighted by Crippen LogP contribution is -2.66. The highest BCUT2D eigenvalue weighted by Gasteiger charge is 2.49. The fourth-order valence-electron chi connectivity index (χ4n) is 3.06. The van der Waals surface area contributed by atoms with Crippen LogP contribution in [0.25, 0.3) is 0 Å². The summed E-state index contributed by atoms with van der Waals surface area (Å²) in [6, 6.07) is -0.730. The van der Waals surface area contributed by atoms with Gasteiger partial charge in [0.25, 0.3) is 0 Å². The Morgan fingerprint density at radius 3 is 2.45 bits per heavy atom. The summed E-state index contributed by atoms with van der Waals surface area (Å²) in [7, 11) is 1.63. The molecule has 114 valence electrons. The molecule has 1 aliphatic carbocycles. The van der Waals surface area contributed by atoms with E-state index < -0.39 is 0 Å². The quantitative estimate of drug-likeness (QED) is 0.795. The monoisotopic (exact) mass is 282 g/mol. The van der Waals surface area contributed by atoms with Gasteiger partial charge in [-0.2, -0.15) is 0 Å². The summed E-state index contributed by atoms with van der Waals surface area (Å²) < 4.78 is 5.18. The van der Waals surface area contributed by atoms with Crippen molar-refractivity contribution in [2.45, 2.75) is 58.2 Å². The van der Waals surface area contributed by atoms with Crippen molar-refractivity contribution < 1.29 is 14.3 Å². The van der Waals surface area contributed by atoms with Gasteiger partial charge in [0.1, 0.15) is 12.1 Å². The summed E-state index contributed by atoms with van der Waals surface area (Å²) in [4.78, 5) is 26.9. The van der Waals surface area contributed by atoms with Gasteiger partial charge in [-0.15, -0.1) is 0 Å². The van der Waals surface area contributed by atoms with E-state index in [4.69, 9.17) is 4.74 Å². The molecule has 1 aliphatic heterocycles. The SMILES string of the molecule is COCC(C)N1C(=O)C(CC(C)C)NC(=O)C1C1CC1. The molecule has 2 rings (SSSR count). The molecule has 0 bridgehead atoms. The van der Waals surface area contributed by atoms with Crippen LogP contribution in [0.15, 0.2) is 0 Å². The second kappa shape index (κ2) is 6.12. The van der Waals surface area contributed by atoms with Crippen LogP contribution < -0.4 is 5.32 Å². The molecule has 0 radical (unpaired) electrons. The minimum atomic E-state index is -0.378. The number of carbonyl (C=O) groups is 2. The fraction of sp³-hybridized carbons (Fsp3) is 0.867. The number of hydrogen-bond acceptors (Lipinski definition) is 3. The van der Waals surface area contributed by atoms with Crippen molar-refractivity contribution in [1.82, 2.24) is 10.2 Å². The molecule has 5 nitrogen and oxygen atoms in total. The number of methoxy groups -OCH3 is 1. The molecule has 2 aliphatic rings. The van der Waals surface area contributed by atoms with Crippen LogP contribution in [-0.2, 0) is 14.3 Å². The van der Waals surface area contributed by atoms with Gasteiger partial charge in [0, 0.05) is 7.11 Å². The molecule has 1 saturated carbocycles. The molecule has 1 saturated heterocycles. The van der Waals surface area contributed by atoms with Crippen LogP contribution >= 0.6 is 0 Å². The van der Waals surface area contributed by atoms with E-state index in [9.17, 15) is 9.59 Å². The van der Waals surface area contributed by atoms with Crippen molar-refractivity contribution in [2.75, 3.05) is 13.7 Å². The van der Waals surface area contributed by atoms with Crippen LogP contribution in [0.4, 0.5) is 0 Å². The van der Waals surface area contributed by atoms with Crippen LogP contribution in [-0.4, -0.2) is 48.6 Å². The number of amides is 2. The standard InChI is InChI=1S/C15H26N2O3/c1-9(2)7-12-15(19)17(10(3)8-20-4)13(11-5-6-11)14(18)16-12/h9-13H,5-8H2,1-4H3,(H,16,18). The predicted octanol–water partition coefficient (Wildman–Crippen LogP) is 1.17. The first-order valence-electron chi connectivity index (χ1n) is 7.57. The highest BCUT2D eigenvalue weighted by Crippen LogP contribution is 2.38. The lowest BCUT2D eigenvalue weighted by Gasteiger charge is -2.42. The van der Waals surface area contributed by atoms with Gasteiger partial charge in [-0.3, -0.25) is 9.59 Å². The van der Waals surface area contributed by atoms with Crippen LogP contribution in [0, 0.1) is 11.8 Å². The molecule has 0 aromatic rings. The Morgan fingerprint density at radius 2 is 1.95 bits per heavy atom. The van der Waals surface area contributed by atoms with Crippen molar-refractivity contribution in [3.63, 3.8) is 0 Å². The molecule has 2 fully saturated rings. The van der Waals surface area contributed by atoms with Gasteiger partial charge in [-0.1, -0.05) is 13.8 Å². The Balaban J connectivity index is 2.19. The van der Waals surface area contributed by atoms with Gasteiger partial charge < -0.3 is 15.0 Å². The second-order valence-corrected chi connectivity index (χ2v) is 6.52. The van der Waals surface area contributed by atoms with E-state index in [2.05, 4.69) is 19.2 Å². The van der Waals surface area contributed by atoms with Gasteiger partial charge in [0.05, 0.1) is 12.6 Å². The molecule has 0 aromatic heterocycles. The van der Waals surface area contributed by atoms with E-state index in [1.54, 1.807) is 12.0 Å². The lowest BCUT2D eigenvalue weighted by atomic mass is 9.95. The Hall–Kier alpha value is -1.10. The van der Waals surface area contributed by atoms with Crippen LogP contribution in [0.1, 0.15) is 40.0 Å². The summed E-state index contributed by atoms with van der Waals surface area (Å²) in [5.41, 5.74) is 0. The maximum Gasteiger partial charge on any atom is 0.246 e. The summed E-state index contributed by atoms with van der Waals surface area (Å²) >= 11 is 0. The van der Waals surface area contributed by atoms with Crippen molar-refractivity contribution in [3.8, 4) is 0 Å². The van der Waals surface area contributed by atoms with E-state index in [1.807, 2.05) is 6.92 Å². The van der Waals surface area contributed by atoms with Gasteiger partial charge in [0.15, 0.2) is 0 Å². The van der Waals surface area contributed by atoms with Crippen molar-refractivity contribution >= 4 is 11.8 Å². The third-order valence-corrected chi connectivity index (χ3v) is 4.10. The van der Waals surface area contributed by atoms with Gasteiger partial charge in [-0.05, 0) is 38.0 Å². The smallest absolute Gasteiger partial charge is 0.246 e. The number of piperazine rings is 1. The minimum Gasteiger partial charge on any atom is -0.383 e. The third kappa shape index (κ3) is 3.14. The molecule has 3 unspecified atom stereocenters. The molecule has 0 spiro atoms. The number of ether oxygens (including phenoxy) is 1. The number of nitrogens with zero attached hydrogens (tertiary/aromatic N) is 1. The molecule has 20 heavy (non-hydrogen) atoms. The number of rotatable bonds is 6. The summed E-state index contributed by atoms with van der Waals surface area (Å²) in [5.74, 6) is 0.778. The second-order valence-electron chi connectivity index (χ2n) is 6.52. The predicted molar refractivity (Wildman–Crippen MR) is 76.1 cm³/mol. The van der Waals surface area contributed by atoms with E-state index in [1.165, 1.54) is 0 Å². The van der Waals surface area contributed by atoms with Gasteiger partial charge >= 0.3 is 0 Å². The van der Waals surface area contributed by atoms with E-state index in [-0.39, 0.29) is 29.9 Å². The van der Waals surface area contributed by atoms with Crippen molar-refractivity contribution in [3.05, 3.63) is 0 Å². The number of nitrogens with one attached hydrogen (secondary N) is 1. The topological polar surface area (TPSA) is 58.6 Å². The maximum absolute atomic E-state index is 12.7. The molecule has 1 N–H and O–H groups in total. The molecule has 2 amide bonds. The number of carbonyl (C=O) groups excluding carboxylic acids is 2. The molecule has 3 atom stereocenters. The molecule has 5 heteroatoms. The summed E-state index contributed by atoms with van der Waals surface area (Å²) in [5, 5.41) is 2.92. The average molecular weight is 282 g/mol. The van der Waals surface area contributed by atoms with E-state index >= 15 is 0 Å². The third-order valence-electron chi connectivity index (χ3n) is 4.10. The van der Waals surface area contributed by atoms with Crippen molar-refractivity contribution in [1.29, 1.82) is 0 Å². The van der Waals surface area contributed by atoms with Crippen LogP contribution in [0.2, 0.25) is 0 Å². The van der Waals surface area contributed by atoms with E-state index in [0.717, 1.165) is 12.8 Å². The molecular formula is C15H26N2O3. The van der Waals surface area contributed by atoms with Crippen LogP contribution in [0.3, 0.4) is 0 Å². The Bertz CT molecular complexity index is 379. The first kappa shape index (κ1) is 15.3. The Morgan fingerprint density at radius 1 is 1.30 bits per heavy atom. The largest absolute Gasteiger partial charge is 0.383 e. The lowest BCUT2D eigenvalue weighted by molar-refractivity contribution is -0.154. The molecule has 1 heterocycles. The first-order valence-corrected chi connectivity index (χ1v) is 7.57. The van der Waals surface area contributed by atoms with E-state index in [0.29, 0.717) is 24.9 Å². The highest BCUT2D eigenvalue weighted by molar-refractivity contribution is 5.97. The minimum absolute atomic E-state index is 0.0145. The summed E-state index contributed by atoms with van der Waals surface area (Å²) in [6.45, 7) is 6.56. The maximum atomic E-state index is 12.7. The molecular weight excluding hydrogens is 256 g/mol. The highest BCUT2D eigenvalue weighted by atomic mass is 16.5. The first-order chi connectivity index (χ1) is 9.45.